The van der Waals surface area contributed by atoms with Gasteiger partial charge in [0.2, 0.25) is 0 Å². The molecule has 0 radical (unpaired) electrons. The van der Waals surface area contributed by atoms with Crippen LogP contribution in [-0.4, -0.2) is 25.2 Å². The van der Waals surface area contributed by atoms with Gasteiger partial charge in [-0.3, -0.25) is 4.79 Å². The number of amides is 1. The molecular formula is C11H12F3NO2. The van der Waals surface area contributed by atoms with E-state index in [1.165, 1.54) is 24.3 Å². The number of halogens is 3. The van der Waals surface area contributed by atoms with Crippen LogP contribution in [0, 0.1) is 0 Å². The molecule has 0 saturated carbocycles. The monoisotopic (exact) mass is 247 g/mol. The summed E-state index contributed by atoms with van der Waals surface area (Å²) in [6.45, 7) is 0.961. The summed E-state index contributed by atoms with van der Waals surface area (Å²) in [6, 6.07) is 5.89. The summed E-state index contributed by atoms with van der Waals surface area (Å²) < 4.78 is 40.7. The summed E-state index contributed by atoms with van der Waals surface area (Å²) in [4.78, 5) is 11.3. The Kier molecular flexibility index (Phi) is 4.37. The zero-order valence-corrected chi connectivity index (χ0v) is 9.17. The highest BCUT2D eigenvalue weighted by Gasteiger charge is 2.27. The largest absolute Gasteiger partial charge is 0.494 e. The molecule has 0 saturated heterocycles. The minimum absolute atomic E-state index is 0.165. The molecule has 1 aromatic rings. The lowest BCUT2D eigenvalue weighted by Crippen LogP contribution is -2.33. The Morgan fingerprint density at radius 2 is 1.88 bits per heavy atom. The molecule has 0 bridgehead atoms. The van der Waals surface area contributed by atoms with Gasteiger partial charge in [0.25, 0.3) is 5.91 Å². The predicted molar refractivity (Wildman–Crippen MR) is 56.0 cm³/mol. The van der Waals surface area contributed by atoms with Gasteiger partial charge in [0.15, 0.2) is 0 Å². The molecule has 0 spiro atoms. The first-order valence-corrected chi connectivity index (χ1v) is 5.00. The maximum Gasteiger partial charge on any atom is 0.405 e. The summed E-state index contributed by atoms with van der Waals surface area (Å²) in [5.74, 6) is -0.190. The lowest BCUT2D eigenvalue weighted by Gasteiger charge is -2.08. The lowest BCUT2D eigenvalue weighted by atomic mass is 10.2. The van der Waals surface area contributed by atoms with Crippen LogP contribution in [0.15, 0.2) is 24.3 Å². The summed E-state index contributed by atoms with van der Waals surface area (Å²) in [5, 5.41) is 1.79. The van der Waals surface area contributed by atoms with Crippen LogP contribution >= 0.6 is 0 Å². The van der Waals surface area contributed by atoms with Gasteiger partial charge in [-0.1, -0.05) is 0 Å². The lowest BCUT2D eigenvalue weighted by molar-refractivity contribution is -0.123. The Balaban J connectivity index is 2.57. The van der Waals surface area contributed by atoms with Gasteiger partial charge >= 0.3 is 6.18 Å². The van der Waals surface area contributed by atoms with E-state index in [1.807, 2.05) is 6.92 Å². The molecular weight excluding hydrogens is 235 g/mol. The second kappa shape index (κ2) is 5.56. The van der Waals surface area contributed by atoms with Gasteiger partial charge in [0.1, 0.15) is 12.3 Å². The molecule has 1 aromatic carbocycles. The topological polar surface area (TPSA) is 38.3 Å². The summed E-state index contributed by atoms with van der Waals surface area (Å²) in [7, 11) is 0. The van der Waals surface area contributed by atoms with Gasteiger partial charge < -0.3 is 10.1 Å². The maximum atomic E-state index is 11.9. The third kappa shape index (κ3) is 4.76. The zero-order chi connectivity index (χ0) is 12.9. The molecule has 17 heavy (non-hydrogen) atoms. The standard InChI is InChI=1S/C11H12F3NO2/c1-2-17-9-5-3-8(4-6-9)10(16)15-7-11(12,13)14/h3-6H,2,7H2,1H3,(H,15,16). The van der Waals surface area contributed by atoms with Crippen molar-refractivity contribution in [1.82, 2.24) is 5.32 Å². The van der Waals surface area contributed by atoms with Crippen LogP contribution in [0.2, 0.25) is 0 Å². The van der Waals surface area contributed by atoms with E-state index < -0.39 is 18.6 Å². The fourth-order valence-electron chi connectivity index (χ4n) is 1.15. The summed E-state index contributed by atoms with van der Waals surface area (Å²) in [6.07, 6.45) is -4.40. The minimum atomic E-state index is -4.40. The van der Waals surface area contributed by atoms with E-state index in [-0.39, 0.29) is 5.56 Å². The minimum Gasteiger partial charge on any atom is -0.494 e. The quantitative estimate of drug-likeness (QED) is 0.887. The van der Waals surface area contributed by atoms with E-state index >= 15 is 0 Å². The van der Waals surface area contributed by atoms with E-state index in [0.29, 0.717) is 12.4 Å². The molecule has 0 aliphatic carbocycles. The number of benzene rings is 1. The zero-order valence-electron chi connectivity index (χ0n) is 9.17. The van der Waals surface area contributed by atoms with E-state index in [1.54, 1.807) is 5.32 Å². The summed E-state index contributed by atoms with van der Waals surface area (Å²) >= 11 is 0. The molecule has 0 aliphatic heterocycles. The number of carbonyl (C=O) groups is 1. The molecule has 1 amide bonds. The van der Waals surface area contributed by atoms with Gasteiger partial charge in [0, 0.05) is 5.56 Å². The normalized spacial score (nSPS) is 11.1. The Labute approximate surface area is 96.6 Å². The third-order valence-electron chi connectivity index (χ3n) is 1.88. The Bertz CT molecular complexity index is 373. The van der Waals surface area contributed by atoms with Crippen LogP contribution in [0.4, 0.5) is 13.2 Å². The number of nitrogens with one attached hydrogen (secondary N) is 1. The first-order chi connectivity index (χ1) is 7.92. The van der Waals surface area contributed by atoms with Gasteiger partial charge in [-0.2, -0.15) is 13.2 Å². The number of ether oxygens (including phenoxy) is 1. The van der Waals surface area contributed by atoms with E-state index in [0.717, 1.165) is 0 Å². The SMILES string of the molecule is CCOc1ccc(C(=O)NCC(F)(F)F)cc1. The molecule has 1 rings (SSSR count). The highest BCUT2D eigenvalue weighted by molar-refractivity contribution is 5.94. The Morgan fingerprint density at radius 1 is 1.29 bits per heavy atom. The van der Waals surface area contributed by atoms with E-state index in [4.69, 9.17) is 4.74 Å². The molecule has 1 N–H and O–H groups in total. The fourth-order valence-corrected chi connectivity index (χ4v) is 1.15. The Hall–Kier alpha value is -1.72. The molecule has 3 nitrogen and oxygen atoms in total. The number of hydrogen-bond acceptors (Lipinski definition) is 2. The van der Waals surface area contributed by atoms with Crippen molar-refractivity contribution >= 4 is 5.91 Å². The van der Waals surface area contributed by atoms with Crippen molar-refractivity contribution in [2.45, 2.75) is 13.1 Å². The van der Waals surface area contributed by atoms with Gasteiger partial charge in [-0.25, -0.2) is 0 Å². The van der Waals surface area contributed by atoms with Crippen LogP contribution in [-0.2, 0) is 0 Å². The average Bonchev–Trinajstić information content (AvgIpc) is 2.26. The second-order valence-electron chi connectivity index (χ2n) is 3.26. The molecule has 0 unspecified atom stereocenters. The first-order valence-electron chi connectivity index (χ1n) is 5.00. The maximum absolute atomic E-state index is 11.9. The predicted octanol–water partition coefficient (Wildman–Crippen LogP) is 2.38. The number of rotatable bonds is 4. The molecule has 0 aliphatic rings. The van der Waals surface area contributed by atoms with E-state index in [9.17, 15) is 18.0 Å². The molecule has 0 atom stereocenters. The van der Waals surface area contributed by atoms with Crippen molar-refractivity contribution in [3.63, 3.8) is 0 Å². The molecule has 6 heteroatoms. The van der Waals surface area contributed by atoms with Gasteiger partial charge in [-0.05, 0) is 31.2 Å². The van der Waals surface area contributed by atoms with Crippen molar-refractivity contribution in [2.24, 2.45) is 0 Å². The smallest absolute Gasteiger partial charge is 0.405 e. The van der Waals surface area contributed by atoms with E-state index in [2.05, 4.69) is 0 Å². The van der Waals surface area contributed by atoms with Crippen LogP contribution < -0.4 is 10.1 Å². The number of hydrogen-bond donors (Lipinski definition) is 1. The molecule has 0 aromatic heterocycles. The highest BCUT2D eigenvalue weighted by atomic mass is 19.4. The Morgan fingerprint density at radius 3 is 2.35 bits per heavy atom. The number of carbonyl (C=O) groups excluding carboxylic acids is 1. The van der Waals surface area contributed by atoms with Crippen molar-refractivity contribution in [3.05, 3.63) is 29.8 Å². The van der Waals surface area contributed by atoms with Crippen LogP contribution in [0.25, 0.3) is 0 Å². The van der Waals surface area contributed by atoms with Crippen LogP contribution in [0.5, 0.6) is 5.75 Å². The van der Waals surface area contributed by atoms with Gasteiger partial charge in [-0.15, -0.1) is 0 Å². The summed E-state index contributed by atoms with van der Waals surface area (Å²) in [5.41, 5.74) is 0.165. The first kappa shape index (κ1) is 13.3. The highest BCUT2D eigenvalue weighted by Crippen LogP contribution is 2.14. The van der Waals surface area contributed by atoms with Crippen molar-refractivity contribution in [1.29, 1.82) is 0 Å². The van der Waals surface area contributed by atoms with Crippen molar-refractivity contribution < 1.29 is 22.7 Å². The van der Waals surface area contributed by atoms with Crippen LogP contribution in [0.1, 0.15) is 17.3 Å². The molecule has 0 heterocycles. The molecule has 94 valence electrons. The fraction of sp³-hybridized carbons (Fsp3) is 0.364. The second-order valence-corrected chi connectivity index (χ2v) is 3.26. The van der Waals surface area contributed by atoms with Crippen molar-refractivity contribution in [2.75, 3.05) is 13.2 Å². The molecule has 0 fully saturated rings. The number of alkyl halides is 3. The third-order valence-corrected chi connectivity index (χ3v) is 1.88. The van der Waals surface area contributed by atoms with Gasteiger partial charge in [0.05, 0.1) is 6.61 Å². The van der Waals surface area contributed by atoms with Crippen molar-refractivity contribution in [3.8, 4) is 5.75 Å². The average molecular weight is 247 g/mol. The van der Waals surface area contributed by atoms with Crippen LogP contribution in [0.3, 0.4) is 0 Å².